The van der Waals surface area contributed by atoms with Gasteiger partial charge in [0.05, 0.1) is 12.6 Å². The van der Waals surface area contributed by atoms with E-state index in [9.17, 15) is 0 Å². The lowest BCUT2D eigenvalue weighted by Gasteiger charge is -2.21. The Morgan fingerprint density at radius 1 is 1.54 bits per heavy atom. The van der Waals surface area contributed by atoms with Crippen molar-refractivity contribution in [1.82, 2.24) is 5.32 Å². The number of nitrogens with one attached hydrogen (secondary N) is 1. The molecule has 0 aliphatic carbocycles. The van der Waals surface area contributed by atoms with Crippen LogP contribution in [0.5, 0.6) is 0 Å². The second kappa shape index (κ2) is 6.07. The fourth-order valence-corrected chi connectivity index (χ4v) is 1.13. The van der Waals surface area contributed by atoms with E-state index in [4.69, 9.17) is 9.47 Å². The summed E-state index contributed by atoms with van der Waals surface area (Å²) < 4.78 is 10.4. The van der Waals surface area contributed by atoms with Crippen molar-refractivity contribution in [2.75, 3.05) is 26.9 Å². The van der Waals surface area contributed by atoms with Crippen molar-refractivity contribution < 1.29 is 9.47 Å². The van der Waals surface area contributed by atoms with Crippen LogP contribution in [-0.2, 0) is 9.47 Å². The highest BCUT2D eigenvalue weighted by atomic mass is 16.5. The van der Waals surface area contributed by atoms with Crippen LogP contribution in [0.15, 0.2) is 4.99 Å². The van der Waals surface area contributed by atoms with E-state index in [0.717, 1.165) is 19.6 Å². The van der Waals surface area contributed by atoms with Gasteiger partial charge in [0.1, 0.15) is 6.23 Å². The van der Waals surface area contributed by atoms with Crippen molar-refractivity contribution in [2.45, 2.75) is 25.6 Å². The van der Waals surface area contributed by atoms with Gasteiger partial charge < -0.3 is 9.47 Å². The van der Waals surface area contributed by atoms with E-state index in [1.54, 1.807) is 7.11 Å². The standard InChI is InChI=1S/C9H18N2O2/c1-8-6-11-9(7-10-8)13-5-3-4-12-2/h7-9,11H,3-6H2,1-2H3. The first-order valence-electron chi connectivity index (χ1n) is 4.70. The molecule has 13 heavy (non-hydrogen) atoms. The van der Waals surface area contributed by atoms with Crippen LogP contribution in [0.1, 0.15) is 13.3 Å². The Balaban J connectivity index is 2.05. The Morgan fingerprint density at radius 2 is 2.38 bits per heavy atom. The Kier molecular flexibility index (Phi) is 4.97. The average Bonchev–Trinajstić information content (AvgIpc) is 2.15. The van der Waals surface area contributed by atoms with Gasteiger partial charge in [-0.05, 0) is 13.3 Å². The maximum atomic E-state index is 5.49. The molecule has 0 amide bonds. The first-order chi connectivity index (χ1) is 6.33. The number of hydrogen-bond acceptors (Lipinski definition) is 4. The van der Waals surface area contributed by atoms with E-state index < -0.39 is 0 Å². The Bertz CT molecular complexity index is 162. The minimum absolute atomic E-state index is 0.00643. The lowest BCUT2D eigenvalue weighted by Crippen LogP contribution is -2.41. The van der Waals surface area contributed by atoms with Crippen molar-refractivity contribution in [1.29, 1.82) is 0 Å². The van der Waals surface area contributed by atoms with Gasteiger partial charge in [0, 0.05) is 26.5 Å². The van der Waals surface area contributed by atoms with Crippen LogP contribution in [0.2, 0.25) is 0 Å². The molecule has 1 heterocycles. The van der Waals surface area contributed by atoms with Crippen molar-refractivity contribution in [3.8, 4) is 0 Å². The molecule has 4 heteroatoms. The SMILES string of the molecule is COCCCOC1C=NC(C)CN1. The van der Waals surface area contributed by atoms with Gasteiger partial charge >= 0.3 is 0 Å². The maximum Gasteiger partial charge on any atom is 0.144 e. The van der Waals surface area contributed by atoms with Gasteiger partial charge in [-0.3, -0.25) is 10.3 Å². The number of ether oxygens (including phenoxy) is 2. The number of nitrogens with zero attached hydrogens (tertiary/aromatic N) is 1. The summed E-state index contributed by atoms with van der Waals surface area (Å²) in [5.41, 5.74) is 0. The van der Waals surface area contributed by atoms with Gasteiger partial charge in [0.15, 0.2) is 0 Å². The van der Waals surface area contributed by atoms with Gasteiger partial charge in [0.25, 0.3) is 0 Å². The second-order valence-electron chi connectivity index (χ2n) is 3.19. The highest BCUT2D eigenvalue weighted by Gasteiger charge is 2.11. The van der Waals surface area contributed by atoms with E-state index in [1.165, 1.54) is 0 Å². The molecule has 1 aliphatic rings. The molecule has 0 bridgehead atoms. The minimum Gasteiger partial charge on any atom is -0.385 e. The minimum atomic E-state index is -0.00643. The molecule has 0 radical (unpaired) electrons. The van der Waals surface area contributed by atoms with Crippen molar-refractivity contribution in [3.63, 3.8) is 0 Å². The predicted octanol–water partition coefficient (Wildman–Crippen LogP) is 0.428. The summed E-state index contributed by atoms with van der Waals surface area (Å²) in [4.78, 5) is 4.27. The van der Waals surface area contributed by atoms with Crippen molar-refractivity contribution >= 4 is 6.21 Å². The largest absolute Gasteiger partial charge is 0.385 e. The summed E-state index contributed by atoms with van der Waals surface area (Å²) in [6.45, 7) is 4.43. The van der Waals surface area contributed by atoms with Gasteiger partial charge in [-0.25, -0.2) is 0 Å². The highest BCUT2D eigenvalue weighted by molar-refractivity contribution is 5.63. The van der Waals surface area contributed by atoms with E-state index in [-0.39, 0.29) is 6.23 Å². The Labute approximate surface area is 79.3 Å². The molecular formula is C9H18N2O2. The zero-order chi connectivity index (χ0) is 9.52. The molecule has 2 atom stereocenters. The molecule has 76 valence electrons. The molecule has 1 N–H and O–H groups in total. The van der Waals surface area contributed by atoms with E-state index in [0.29, 0.717) is 12.6 Å². The molecule has 0 saturated carbocycles. The lowest BCUT2D eigenvalue weighted by atomic mass is 10.3. The average molecular weight is 186 g/mol. The fraction of sp³-hybridized carbons (Fsp3) is 0.889. The zero-order valence-electron chi connectivity index (χ0n) is 8.32. The van der Waals surface area contributed by atoms with E-state index >= 15 is 0 Å². The molecule has 0 saturated heterocycles. The van der Waals surface area contributed by atoms with E-state index in [1.807, 2.05) is 6.21 Å². The number of aliphatic imine (C=N–C) groups is 1. The zero-order valence-corrected chi connectivity index (χ0v) is 8.32. The molecule has 0 aromatic heterocycles. The topological polar surface area (TPSA) is 42.9 Å². The molecule has 2 unspecified atom stereocenters. The van der Waals surface area contributed by atoms with Gasteiger partial charge in [-0.1, -0.05) is 0 Å². The summed E-state index contributed by atoms with van der Waals surface area (Å²) in [7, 11) is 1.70. The van der Waals surface area contributed by atoms with Crippen LogP contribution < -0.4 is 5.32 Å². The molecule has 1 aliphatic heterocycles. The van der Waals surface area contributed by atoms with Crippen molar-refractivity contribution in [2.24, 2.45) is 4.99 Å². The summed E-state index contributed by atoms with van der Waals surface area (Å²) >= 11 is 0. The third kappa shape index (κ3) is 4.36. The third-order valence-electron chi connectivity index (χ3n) is 1.88. The second-order valence-corrected chi connectivity index (χ2v) is 3.19. The molecular weight excluding hydrogens is 168 g/mol. The first-order valence-corrected chi connectivity index (χ1v) is 4.70. The number of methoxy groups -OCH3 is 1. The first kappa shape index (κ1) is 10.6. The van der Waals surface area contributed by atoms with Gasteiger partial charge in [-0.15, -0.1) is 0 Å². The third-order valence-corrected chi connectivity index (χ3v) is 1.88. The smallest absolute Gasteiger partial charge is 0.144 e. The van der Waals surface area contributed by atoms with Crippen LogP contribution in [0.3, 0.4) is 0 Å². The summed E-state index contributed by atoms with van der Waals surface area (Å²) in [5.74, 6) is 0. The normalized spacial score (nSPS) is 27.8. The Hall–Kier alpha value is -0.450. The highest BCUT2D eigenvalue weighted by Crippen LogP contribution is 1.97. The van der Waals surface area contributed by atoms with Crippen molar-refractivity contribution in [3.05, 3.63) is 0 Å². The van der Waals surface area contributed by atoms with Gasteiger partial charge in [0.2, 0.25) is 0 Å². The molecule has 0 aromatic rings. The van der Waals surface area contributed by atoms with Crippen LogP contribution in [-0.4, -0.2) is 45.4 Å². The summed E-state index contributed by atoms with van der Waals surface area (Å²) in [6, 6.07) is 0.374. The van der Waals surface area contributed by atoms with Gasteiger partial charge in [-0.2, -0.15) is 0 Å². The van der Waals surface area contributed by atoms with Crippen LogP contribution in [0.4, 0.5) is 0 Å². The molecule has 0 fully saturated rings. The molecule has 0 spiro atoms. The van der Waals surface area contributed by atoms with Crippen LogP contribution in [0.25, 0.3) is 0 Å². The number of hydrogen-bond donors (Lipinski definition) is 1. The summed E-state index contributed by atoms with van der Waals surface area (Å²) in [6.07, 6.45) is 2.76. The fourth-order valence-electron chi connectivity index (χ4n) is 1.13. The molecule has 4 nitrogen and oxygen atoms in total. The monoisotopic (exact) mass is 186 g/mol. The van der Waals surface area contributed by atoms with E-state index in [2.05, 4.69) is 17.2 Å². The number of rotatable bonds is 5. The van der Waals surface area contributed by atoms with Crippen LogP contribution >= 0.6 is 0 Å². The molecule has 0 aromatic carbocycles. The molecule has 1 rings (SSSR count). The lowest BCUT2D eigenvalue weighted by molar-refractivity contribution is 0.0577. The maximum absolute atomic E-state index is 5.49. The predicted molar refractivity (Wildman–Crippen MR) is 52.2 cm³/mol. The quantitative estimate of drug-likeness (QED) is 0.633. The van der Waals surface area contributed by atoms with Crippen LogP contribution in [0, 0.1) is 0 Å². The summed E-state index contributed by atoms with van der Waals surface area (Å²) in [5, 5.41) is 3.23. The Morgan fingerprint density at radius 3 is 3.00 bits per heavy atom.